The maximum absolute atomic E-state index is 11.8. The van der Waals surface area contributed by atoms with Crippen LogP contribution in [0, 0.1) is 17.4 Å². The number of carbonyl (C=O) groups is 1. The van der Waals surface area contributed by atoms with Gasteiger partial charge in [0.2, 0.25) is 0 Å². The normalized spacial score (nSPS) is 10.6. The summed E-state index contributed by atoms with van der Waals surface area (Å²) >= 11 is 2.25. The first kappa shape index (κ1) is 15.6. The van der Waals surface area contributed by atoms with Crippen LogP contribution < -0.4 is 10.6 Å². The minimum atomic E-state index is -0.248. The summed E-state index contributed by atoms with van der Waals surface area (Å²) in [5, 5.41) is 5.53. The molecule has 2 amide bonds. The Hall–Kier alpha value is -1.82. The third-order valence-electron chi connectivity index (χ3n) is 3.00. The molecule has 21 heavy (non-hydrogen) atoms. The van der Waals surface area contributed by atoms with Crippen molar-refractivity contribution in [3.05, 3.63) is 68.9 Å². The van der Waals surface area contributed by atoms with E-state index in [4.69, 9.17) is 0 Å². The van der Waals surface area contributed by atoms with Gasteiger partial charge >= 0.3 is 6.03 Å². The van der Waals surface area contributed by atoms with Crippen LogP contribution in [0.3, 0.4) is 0 Å². The van der Waals surface area contributed by atoms with E-state index in [2.05, 4.69) is 33.2 Å². The fraction of sp³-hybridized carbons (Fsp3) is 0.118. The molecule has 0 bridgehead atoms. The molecule has 0 aliphatic rings. The third kappa shape index (κ3) is 4.90. The topological polar surface area (TPSA) is 41.1 Å². The molecule has 3 nitrogen and oxygen atoms in total. The van der Waals surface area contributed by atoms with E-state index >= 15 is 0 Å². The van der Waals surface area contributed by atoms with Crippen LogP contribution in [-0.4, -0.2) is 6.03 Å². The molecule has 108 valence electrons. The molecule has 0 aliphatic heterocycles. The lowest BCUT2D eigenvalue weighted by molar-refractivity contribution is 0.255. The largest absolute Gasteiger partial charge is 0.323 e. The van der Waals surface area contributed by atoms with Gasteiger partial charge in [0.15, 0.2) is 0 Å². The minimum absolute atomic E-state index is 0.248. The van der Waals surface area contributed by atoms with Crippen molar-refractivity contribution in [2.45, 2.75) is 13.8 Å². The second-order valence-electron chi connectivity index (χ2n) is 4.80. The molecule has 0 aliphatic carbocycles. The van der Waals surface area contributed by atoms with Crippen LogP contribution >= 0.6 is 22.6 Å². The number of aryl methyl sites for hydroxylation is 2. The van der Waals surface area contributed by atoms with Crippen LogP contribution in [0.15, 0.2) is 48.7 Å². The van der Waals surface area contributed by atoms with Crippen molar-refractivity contribution in [1.29, 1.82) is 0 Å². The Morgan fingerprint density at radius 1 is 1.10 bits per heavy atom. The number of carbonyl (C=O) groups excluding carboxylic acids is 1. The molecule has 2 aromatic rings. The zero-order chi connectivity index (χ0) is 15.2. The second kappa shape index (κ2) is 7.26. The van der Waals surface area contributed by atoms with Gasteiger partial charge < -0.3 is 10.6 Å². The smallest absolute Gasteiger partial charge is 0.314 e. The number of urea groups is 1. The van der Waals surface area contributed by atoms with Crippen LogP contribution in [0.25, 0.3) is 6.08 Å². The van der Waals surface area contributed by atoms with Crippen molar-refractivity contribution in [2.75, 3.05) is 5.32 Å². The maximum atomic E-state index is 11.8. The van der Waals surface area contributed by atoms with E-state index < -0.39 is 0 Å². The first-order chi connectivity index (χ1) is 10.0. The number of halogens is 1. The Morgan fingerprint density at radius 2 is 1.81 bits per heavy atom. The molecule has 4 heteroatoms. The van der Waals surface area contributed by atoms with Crippen LogP contribution in [0.5, 0.6) is 0 Å². The SMILES string of the molecule is Cc1ccc(/C=C/NC(=O)Nc2ccc(I)cc2C)cc1. The monoisotopic (exact) mass is 392 g/mol. The predicted octanol–water partition coefficient (Wildman–Crippen LogP) is 4.70. The Morgan fingerprint density at radius 3 is 2.48 bits per heavy atom. The molecule has 0 spiro atoms. The van der Waals surface area contributed by atoms with Gasteiger partial charge in [0, 0.05) is 15.5 Å². The first-order valence-corrected chi connectivity index (χ1v) is 7.69. The highest BCUT2D eigenvalue weighted by Crippen LogP contribution is 2.17. The highest BCUT2D eigenvalue weighted by molar-refractivity contribution is 14.1. The van der Waals surface area contributed by atoms with Gasteiger partial charge in [0.1, 0.15) is 0 Å². The quantitative estimate of drug-likeness (QED) is 0.731. The molecule has 0 atom stereocenters. The third-order valence-corrected chi connectivity index (χ3v) is 3.68. The maximum Gasteiger partial charge on any atom is 0.323 e. The van der Waals surface area contributed by atoms with E-state index in [1.54, 1.807) is 6.20 Å². The molecule has 0 fully saturated rings. The Bertz CT molecular complexity index is 663. The van der Waals surface area contributed by atoms with Crippen molar-refractivity contribution in [2.24, 2.45) is 0 Å². The van der Waals surface area contributed by atoms with Gasteiger partial charge in [0.05, 0.1) is 0 Å². The molecular formula is C17H17IN2O. The highest BCUT2D eigenvalue weighted by atomic mass is 127. The predicted molar refractivity (Wildman–Crippen MR) is 96.3 cm³/mol. The number of hydrogen-bond acceptors (Lipinski definition) is 1. The molecular weight excluding hydrogens is 375 g/mol. The molecule has 2 N–H and O–H groups in total. The highest BCUT2D eigenvalue weighted by Gasteiger charge is 2.02. The van der Waals surface area contributed by atoms with E-state index in [0.29, 0.717) is 0 Å². The average Bonchev–Trinajstić information content (AvgIpc) is 2.44. The van der Waals surface area contributed by atoms with Gasteiger partial charge in [-0.1, -0.05) is 29.8 Å². The molecule has 0 saturated carbocycles. The first-order valence-electron chi connectivity index (χ1n) is 6.61. The minimum Gasteiger partial charge on any atom is -0.314 e. The zero-order valence-corrected chi connectivity index (χ0v) is 14.1. The van der Waals surface area contributed by atoms with Crippen LogP contribution in [0.2, 0.25) is 0 Å². The van der Waals surface area contributed by atoms with E-state index in [1.165, 1.54) is 5.56 Å². The van der Waals surface area contributed by atoms with E-state index in [-0.39, 0.29) is 6.03 Å². The molecule has 0 unspecified atom stereocenters. The van der Waals surface area contributed by atoms with Gasteiger partial charge in [0.25, 0.3) is 0 Å². The number of amides is 2. The number of benzene rings is 2. The fourth-order valence-corrected chi connectivity index (χ4v) is 2.46. The average molecular weight is 392 g/mol. The van der Waals surface area contributed by atoms with Gasteiger partial charge in [-0.05, 0) is 71.8 Å². The Kier molecular flexibility index (Phi) is 5.38. The van der Waals surface area contributed by atoms with Crippen molar-refractivity contribution < 1.29 is 4.79 Å². The van der Waals surface area contributed by atoms with E-state index in [9.17, 15) is 4.79 Å². The number of nitrogens with one attached hydrogen (secondary N) is 2. The lowest BCUT2D eigenvalue weighted by atomic mass is 10.1. The van der Waals surface area contributed by atoms with Crippen molar-refractivity contribution >= 4 is 40.4 Å². The molecule has 0 radical (unpaired) electrons. The van der Waals surface area contributed by atoms with E-state index in [0.717, 1.165) is 20.4 Å². The standard InChI is InChI=1S/C17H17IN2O/c1-12-3-5-14(6-4-12)9-10-19-17(21)20-16-8-7-15(18)11-13(16)2/h3-11H,1-2H3,(H2,19,20,21)/b10-9+. The van der Waals surface area contributed by atoms with Crippen molar-refractivity contribution in [3.63, 3.8) is 0 Å². The van der Waals surface area contributed by atoms with Gasteiger partial charge in [-0.15, -0.1) is 0 Å². The van der Waals surface area contributed by atoms with Crippen LogP contribution in [0.4, 0.5) is 10.5 Å². The molecule has 2 rings (SSSR count). The van der Waals surface area contributed by atoms with Crippen molar-refractivity contribution in [1.82, 2.24) is 5.32 Å². The lowest BCUT2D eigenvalue weighted by Gasteiger charge is -2.08. The summed E-state index contributed by atoms with van der Waals surface area (Å²) in [5.41, 5.74) is 4.12. The number of rotatable bonds is 3. The van der Waals surface area contributed by atoms with Gasteiger partial charge in [-0.25, -0.2) is 4.79 Å². The molecule has 0 heterocycles. The van der Waals surface area contributed by atoms with Crippen LogP contribution in [-0.2, 0) is 0 Å². The molecule has 2 aromatic carbocycles. The summed E-state index contributed by atoms with van der Waals surface area (Å²) in [6, 6.07) is 13.7. The molecule has 0 aromatic heterocycles. The Labute approximate surface area is 138 Å². The van der Waals surface area contributed by atoms with Crippen molar-refractivity contribution in [3.8, 4) is 0 Å². The summed E-state index contributed by atoms with van der Waals surface area (Å²) in [5.74, 6) is 0. The summed E-state index contributed by atoms with van der Waals surface area (Å²) in [4.78, 5) is 11.8. The van der Waals surface area contributed by atoms with Crippen LogP contribution in [0.1, 0.15) is 16.7 Å². The fourth-order valence-electron chi connectivity index (χ4n) is 1.82. The lowest BCUT2D eigenvalue weighted by Crippen LogP contribution is -2.24. The summed E-state index contributed by atoms with van der Waals surface area (Å²) in [7, 11) is 0. The second-order valence-corrected chi connectivity index (χ2v) is 6.05. The Balaban J connectivity index is 1.91. The van der Waals surface area contributed by atoms with Gasteiger partial charge in [-0.3, -0.25) is 0 Å². The van der Waals surface area contributed by atoms with Gasteiger partial charge in [-0.2, -0.15) is 0 Å². The number of hydrogen-bond donors (Lipinski definition) is 2. The summed E-state index contributed by atoms with van der Waals surface area (Å²) in [6.45, 7) is 4.02. The van der Waals surface area contributed by atoms with E-state index in [1.807, 2.05) is 62.4 Å². The molecule has 0 saturated heterocycles. The number of anilines is 1. The summed E-state index contributed by atoms with van der Waals surface area (Å²) in [6.07, 6.45) is 3.50. The zero-order valence-electron chi connectivity index (χ0n) is 12.0. The summed E-state index contributed by atoms with van der Waals surface area (Å²) < 4.78 is 1.15.